The van der Waals surface area contributed by atoms with Crippen molar-refractivity contribution in [3.05, 3.63) is 41.2 Å². The minimum Gasteiger partial charge on any atom is -0.480 e. The largest absolute Gasteiger partial charge is 0.522 e. The Bertz CT molecular complexity index is 1170. The maximum Gasteiger partial charge on any atom is 0.522 e. The lowest BCUT2D eigenvalue weighted by molar-refractivity contribution is -0.339. The summed E-state index contributed by atoms with van der Waals surface area (Å²) in [7, 11) is 0. The average Bonchev–Trinajstić information content (AvgIpc) is 3.55. The molecule has 1 aromatic carbocycles. The van der Waals surface area contributed by atoms with E-state index < -0.39 is 24.7 Å². The maximum absolute atomic E-state index is 13.0. The highest BCUT2D eigenvalue weighted by molar-refractivity contribution is 6.30. The summed E-state index contributed by atoms with van der Waals surface area (Å²) in [5, 5.41) is 18.6. The van der Waals surface area contributed by atoms with Crippen LogP contribution in [-0.2, 0) is 15.1 Å². The number of amides is 1. The second kappa shape index (κ2) is 8.53. The normalized spacial score (nSPS) is 33.1. The van der Waals surface area contributed by atoms with Crippen molar-refractivity contribution < 1.29 is 32.5 Å². The maximum atomic E-state index is 13.0. The number of aliphatic hydroxyl groups is 1. The second-order valence-electron chi connectivity index (χ2n) is 10.3. The van der Waals surface area contributed by atoms with Gasteiger partial charge in [0, 0.05) is 42.3 Å². The number of carbonyl (C=O) groups is 1. The fourth-order valence-electron chi connectivity index (χ4n) is 6.23. The van der Waals surface area contributed by atoms with Gasteiger partial charge in [-0.1, -0.05) is 11.6 Å². The molecule has 3 aliphatic carbocycles. The first-order chi connectivity index (χ1) is 17.1. The number of alkyl halides is 3. The van der Waals surface area contributed by atoms with Crippen LogP contribution in [0, 0.1) is 5.92 Å². The molecule has 12 heteroatoms. The van der Waals surface area contributed by atoms with Gasteiger partial charge in [0.05, 0.1) is 29.6 Å². The lowest BCUT2D eigenvalue weighted by Gasteiger charge is -2.38. The number of nitrogens with one attached hydrogen (secondary N) is 1. The molecule has 4 fully saturated rings. The summed E-state index contributed by atoms with van der Waals surface area (Å²) >= 11 is 6.00. The molecule has 2 aliphatic heterocycles. The lowest BCUT2D eigenvalue weighted by Crippen LogP contribution is -2.46. The molecule has 7 rings (SSSR count). The summed E-state index contributed by atoms with van der Waals surface area (Å²) < 4.78 is 49.5. The number of carbonyl (C=O) groups excluding carboxylic acids is 1. The molecule has 1 saturated heterocycles. The number of benzene rings is 1. The van der Waals surface area contributed by atoms with E-state index in [0.29, 0.717) is 41.6 Å². The Hall–Kier alpha value is -2.50. The molecule has 2 unspecified atom stereocenters. The molecule has 8 nitrogen and oxygen atoms in total. The number of hydrogen-bond donors (Lipinski definition) is 2. The number of rotatable bonds is 5. The molecule has 0 radical (unpaired) electrons. The van der Waals surface area contributed by atoms with Gasteiger partial charge in [-0.15, -0.1) is 13.2 Å². The Labute approximate surface area is 210 Å². The van der Waals surface area contributed by atoms with Crippen LogP contribution in [0.15, 0.2) is 30.6 Å². The predicted octanol–water partition coefficient (Wildman–Crippen LogP) is 3.53. The lowest BCUT2D eigenvalue weighted by atomic mass is 9.77. The van der Waals surface area contributed by atoms with Crippen molar-refractivity contribution in [3.63, 3.8) is 0 Å². The molecule has 2 bridgehead atoms. The van der Waals surface area contributed by atoms with Crippen LogP contribution in [0.4, 0.5) is 18.9 Å². The zero-order valence-electron chi connectivity index (χ0n) is 19.2. The van der Waals surface area contributed by atoms with Gasteiger partial charge in [-0.05, 0) is 49.8 Å². The van der Waals surface area contributed by atoms with Crippen LogP contribution in [-0.4, -0.2) is 58.5 Å². The van der Waals surface area contributed by atoms with E-state index in [1.807, 2.05) is 15.8 Å². The first-order valence-corrected chi connectivity index (χ1v) is 12.5. The Morgan fingerprint density at radius 3 is 2.89 bits per heavy atom. The molecular weight excluding hydrogens is 501 g/mol. The average molecular weight is 527 g/mol. The number of ether oxygens (including phenoxy) is 2. The molecule has 1 amide bonds. The van der Waals surface area contributed by atoms with E-state index in [0.717, 1.165) is 18.5 Å². The first kappa shape index (κ1) is 23.9. The fourth-order valence-corrected chi connectivity index (χ4v) is 6.41. The summed E-state index contributed by atoms with van der Waals surface area (Å²) in [4.78, 5) is 14.9. The standard InChI is InChI=1S/C24H26ClF3N4O4/c25-14-1-2-20-17(5-14)19(33)6-21(35-20)22(34)30-18-9-23(7-13(18)8-23)32-11-15(10-29-32)31-4-3-16(12-31)36-24(26,27)28/h1-2,5,10-11,13,16,18-19,21,33H,3-4,6-9,12H2,(H,30,34)/t13?,16?,18?,19-,21-,23?/m1/s1. The van der Waals surface area contributed by atoms with Gasteiger partial charge < -0.3 is 20.1 Å². The van der Waals surface area contributed by atoms with Crippen LogP contribution in [0.3, 0.4) is 0 Å². The highest BCUT2D eigenvalue weighted by Gasteiger charge is 2.58. The minimum absolute atomic E-state index is 0.0335. The number of anilines is 1. The molecule has 0 spiro atoms. The molecule has 3 heterocycles. The molecule has 5 aliphatic rings. The van der Waals surface area contributed by atoms with Gasteiger partial charge in [-0.3, -0.25) is 14.2 Å². The molecule has 2 aromatic rings. The number of nitrogens with zero attached hydrogens (tertiary/aromatic N) is 3. The predicted molar refractivity (Wildman–Crippen MR) is 123 cm³/mol. The third-order valence-corrected chi connectivity index (χ3v) is 8.21. The van der Waals surface area contributed by atoms with Crippen molar-refractivity contribution in [2.75, 3.05) is 18.0 Å². The highest BCUT2D eigenvalue weighted by atomic mass is 35.5. The summed E-state index contributed by atoms with van der Waals surface area (Å²) in [5.41, 5.74) is 1.15. The number of hydrogen-bond acceptors (Lipinski definition) is 6. The fraction of sp³-hybridized carbons (Fsp3) is 0.583. The van der Waals surface area contributed by atoms with E-state index in [1.54, 1.807) is 24.4 Å². The molecule has 2 N–H and O–H groups in total. The quantitative estimate of drug-likeness (QED) is 0.620. The van der Waals surface area contributed by atoms with Crippen molar-refractivity contribution in [1.29, 1.82) is 0 Å². The van der Waals surface area contributed by atoms with E-state index in [-0.39, 0.29) is 30.5 Å². The van der Waals surface area contributed by atoms with Gasteiger partial charge in [0.2, 0.25) is 0 Å². The van der Waals surface area contributed by atoms with Gasteiger partial charge in [0.25, 0.3) is 5.91 Å². The van der Waals surface area contributed by atoms with E-state index in [9.17, 15) is 23.1 Å². The van der Waals surface area contributed by atoms with Gasteiger partial charge in [0.1, 0.15) is 5.75 Å². The Kier molecular flexibility index (Phi) is 5.65. The molecular formula is C24H26ClF3N4O4. The van der Waals surface area contributed by atoms with E-state index in [4.69, 9.17) is 16.3 Å². The Morgan fingerprint density at radius 1 is 1.31 bits per heavy atom. The summed E-state index contributed by atoms with van der Waals surface area (Å²) in [6, 6.07) is 4.94. The molecule has 1 aromatic heterocycles. The molecule has 4 atom stereocenters. The van der Waals surface area contributed by atoms with Crippen LogP contribution in [0.2, 0.25) is 5.02 Å². The third-order valence-electron chi connectivity index (χ3n) is 7.98. The minimum atomic E-state index is -4.63. The number of aromatic nitrogens is 2. The number of aliphatic hydroxyl groups excluding tert-OH is 1. The summed E-state index contributed by atoms with van der Waals surface area (Å²) in [6.45, 7) is 0.644. The Morgan fingerprint density at radius 2 is 2.11 bits per heavy atom. The van der Waals surface area contributed by atoms with Crippen molar-refractivity contribution in [1.82, 2.24) is 15.1 Å². The van der Waals surface area contributed by atoms with Crippen LogP contribution in [0.25, 0.3) is 0 Å². The van der Waals surface area contributed by atoms with Gasteiger partial charge in [-0.25, -0.2) is 0 Å². The van der Waals surface area contributed by atoms with Crippen LogP contribution in [0.5, 0.6) is 5.75 Å². The summed E-state index contributed by atoms with van der Waals surface area (Å²) in [5.74, 6) is 0.521. The van der Waals surface area contributed by atoms with E-state index in [1.165, 1.54) is 0 Å². The SMILES string of the molecule is O=C(NC1CC2(n3cc(N4CCC(OC(F)(F)F)C4)cn3)CC1C2)[C@H]1C[C@@H](O)c2cc(Cl)ccc2O1. The number of fused-ring (bicyclic) bond motifs is 2. The Balaban J connectivity index is 1.07. The zero-order chi connectivity index (χ0) is 25.2. The number of halogens is 4. The molecule has 194 valence electrons. The summed E-state index contributed by atoms with van der Waals surface area (Å²) in [6.07, 6.45) is -0.651. The molecule has 36 heavy (non-hydrogen) atoms. The van der Waals surface area contributed by atoms with Crippen LogP contribution < -0.4 is 15.0 Å². The zero-order valence-corrected chi connectivity index (χ0v) is 20.0. The van der Waals surface area contributed by atoms with E-state index >= 15 is 0 Å². The van der Waals surface area contributed by atoms with Gasteiger partial charge in [0.15, 0.2) is 6.10 Å². The van der Waals surface area contributed by atoms with Crippen LogP contribution in [0.1, 0.15) is 43.8 Å². The van der Waals surface area contributed by atoms with Crippen molar-refractivity contribution in [2.45, 2.75) is 68.4 Å². The van der Waals surface area contributed by atoms with E-state index in [2.05, 4.69) is 15.2 Å². The second-order valence-corrected chi connectivity index (χ2v) is 10.8. The van der Waals surface area contributed by atoms with Gasteiger partial charge in [-0.2, -0.15) is 5.10 Å². The monoisotopic (exact) mass is 526 g/mol. The van der Waals surface area contributed by atoms with Gasteiger partial charge >= 0.3 is 6.36 Å². The molecule has 3 saturated carbocycles. The first-order valence-electron chi connectivity index (χ1n) is 12.1. The highest BCUT2D eigenvalue weighted by Crippen LogP contribution is 2.57. The topological polar surface area (TPSA) is 88.9 Å². The van der Waals surface area contributed by atoms with Crippen molar-refractivity contribution >= 4 is 23.2 Å². The smallest absolute Gasteiger partial charge is 0.480 e. The van der Waals surface area contributed by atoms with Crippen molar-refractivity contribution in [3.8, 4) is 5.75 Å². The van der Waals surface area contributed by atoms with Crippen LogP contribution >= 0.6 is 11.6 Å². The third kappa shape index (κ3) is 4.31. The van der Waals surface area contributed by atoms with Crippen molar-refractivity contribution in [2.24, 2.45) is 5.92 Å².